The van der Waals surface area contributed by atoms with Gasteiger partial charge in [-0.05, 0) is 42.3 Å². The first kappa shape index (κ1) is 21.7. The van der Waals surface area contributed by atoms with Crippen LogP contribution in [0.5, 0.6) is 0 Å². The largest absolute Gasteiger partial charge is 0.385 e. The number of halogens is 1. The quantitative estimate of drug-likeness (QED) is 0.333. The van der Waals surface area contributed by atoms with Crippen LogP contribution in [0.3, 0.4) is 0 Å². The lowest BCUT2D eigenvalue weighted by Gasteiger charge is -2.15. The van der Waals surface area contributed by atoms with Gasteiger partial charge in [-0.25, -0.2) is 4.98 Å². The predicted octanol–water partition coefficient (Wildman–Crippen LogP) is 2.60. The Hall–Kier alpha value is -3.49. The number of fused-ring (bicyclic) bond motifs is 2. The zero-order valence-electron chi connectivity index (χ0n) is 17.5. The summed E-state index contributed by atoms with van der Waals surface area (Å²) in [5.41, 5.74) is 1.46. The van der Waals surface area contributed by atoms with E-state index in [-0.39, 0.29) is 28.5 Å². The molecule has 3 heterocycles. The van der Waals surface area contributed by atoms with E-state index >= 15 is 0 Å². The summed E-state index contributed by atoms with van der Waals surface area (Å²) in [6.45, 7) is 1.17. The van der Waals surface area contributed by atoms with Crippen molar-refractivity contribution in [1.82, 2.24) is 19.3 Å². The van der Waals surface area contributed by atoms with Gasteiger partial charge in [0, 0.05) is 31.5 Å². The summed E-state index contributed by atoms with van der Waals surface area (Å²) in [7, 11) is 1.59. The van der Waals surface area contributed by atoms with Crippen molar-refractivity contribution in [1.29, 1.82) is 5.41 Å². The first-order valence-electron chi connectivity index (χ1n) is 10.1. The number of rotatable bonds is 7. The van der Waals surface area contributed by atoms with Crippen molar-refractivity contribution in [2.24, 2.45) is 0 Å². The fourth-order valence-corrected chi connectivity index (χ4v) is 3.63. The molecular formula is C23H22ClN5O3. The normalized spacial score (nSPS) is 11.2. The number of ether oxygens (including phenoxy) is 1. The topological polar surface area (TPSA) is 101 Å². The average molecular weight is 452 g/mol. The highest BCUT2D eigenvalue weighted by Crippen LogP contribution is 2.14. The molecule has 4 aromatic rings. The van der Waals surface area contributed by atoms with Crippen LogP contribution >= 0.6 is 11.6 Å². The summed E-state index contributed by atoms with van der Waals surface area (Å²) in [4.78, 5) is 30.7. The maximum absolute atomic E-state index is 13.2. The van der Waals surface area contributed by atoms with E-state index in [0.29, 0.717) is 35.9 Å². The van der Waals surface area contributed by atoms with Crippen molar-refractivity contribution in [3.8, 4) is 0 Å². The minimum absolute atomic E-state index is 0.0242. The van der Waals surface area contributed by atoms with Gasteiger partial charge in [0.25, 0.3) is 11.5 Å². The highest BCUT2D eigenvalue weighted by atomic mass is 35.5. The molecule has 0 spiro atoms. The Morgan fingerprint density at radius 3 is 2.75 bits per heavy atom. The number of amides is 1. The fourth-order valence-electron chi connectivity index (χ4n) is 3.50. The lowest BCUT2D eigenvalue weighted by molar-refractivity contribution is 0.0946. The molecule has 0 atom stereocenters. The van der Waals surface area contributed by atoms with Crippen molar-refractivity contribution >= 4 is 34.2 Å². The molecule has 0 radical (unpaired) electrons. The number of carbonyl (C=O) groups is 1. The molecule has 4 rings (SSSR count). The highest BCUT2D eigenvalue weighted by molar-refractivity contribution is 6.30. The lowest BCUT2D eigenvalue weighted by Crippen LogP contribution is -2.35. The van der Waals surface area contributed by atoms with Gasteiger partial charge in [-0.2, -0.15) is 0 Å². The second-order valence-corrected chi connectivity index (χ2v) is 7.74. The van der Waals surface area contributed by atoms with Gasteiger partial charge < -0.3 is 14.6 Å². The minimum Gasteiger partial charge on any atom is -0.385 e. The summed E-state index contributed by atoms with van der Waals surface area (Å²) in [6, 6.07) is 13.9. The fraction of sp³-hybridized carbons (Fsp3) is 0.217. The third-order valence-corrected chi connectivity index (χ3v) is 5.38. The standard InChI is InChI=1S/C23H22ClN5O3/c1-32-12-4-10-26-22(30)17-13-18-21(27-19-5-2-3-11-28(19)23(18)31)29(20(17)25)14-15-6-8-16(24)9-7-15/h2-3,5-9,11,13,25H,4,10,12,14H2,1H3,(H,26,30). The number of aromatic nitrogens is 3. The molecule has 0 saturated carbocycles. The average Bonchev–Trinajstić information content (AvgIpc) is 2.80. The third kappa shape index (κ3) is 4.28. The number of methoxy groups -OCH3 is 1. The van der Waals surface area contributed by atoms with Crippen LogP contribution in [0, 0.1) is 5.41 Å². The molecule has 1 aromatic carbocycles. The van der Waals surface area contributed by atoms with Gasteiger partial charge in [0.2, 0.25) is 0 Å². The van der Waals surface area contributed by atoms with E-state index in [0.717, 1.165) is 5.56 Å². The first-order chi connectivity index (χ1) is 15.5. The van der Waals surface area contributed by atoms with Gasteiger partial charge >= 0.3 is 0 Å². The van der Waals surface area contributed by atoms with E-state index in [2.05, 4.69) is 10.3 Å². The Labute approximate surface area is 188 Å². The smallest absolute Gasteiger partial charge is 0.267 e. The Bertz CT molecular complexity index is 1410. The molecule has 164 valence electrons. The third-order valence-electron chi connectivity index (χ3n) is 5.13. The second-order valence-electron chi connectivity index (χ2n) is 7.30. The molecule has 0 unspecified atom stereocenters. The first-order valence-corrected chi connectivity index (χ1v) is 10.5. The number of carbonyl (C=O) groups excluding carboxylic acids is 1. The number of pyridine rings is 2. The lowest BCUT2D eigenvalue weighted by atomic mass is 10.1. The molecule has 32 heavy (non-hydrogen) atoms. The Morgan fingerprint density at radius 2 is 2.00 bits per heavy atom. The van der Waals surface area contributed by atoms with E-state index < -0.39 is 5.91 Å². The zero-order chi connectivity index (χ0) is 22.7. The number of nitrogens with zero attached hydrogens (tertiary/aromatic N) is 3. The monoisotopic (exact) mass is 451 g/mol. The molecule has 0 bridgehead atoms. The maximum Gasteiger partial charge on any atom is 0.267 e. The molecular weight excluding hydrogens is 430 g/mol. The van der Waals surface area contributed by atoms with Gasteiger partial charge in [-0.1, -0.05) is 29.8 Å². The molecule has 2 N–H and O–H groups in total. The Balaban J connectivity index is 1.90. The summed E-state index contributed by atoms with van der Waals surface area (Å²) in [6.07, 6.45) is 2.27. The summed E-state index contributed by atoms with van der Waals surface area (Å²) >= 11 is 6.00. The van der Waals surface area contributed by atoms with Crippen LogP contribution in [0.4, 0.5) is 0 Å². The molecule has 0 aliphatic heterocycles. The second kappa shape index (κ2) is 9.33. The van der Waals surface area contributed by atoms with E-state index in [1.165, 1.54) is 10.5 Å². The molecule has 0 saturated heterocycles. The van der Waals surface area contributed by atoms with E-state index in [9.17, 15) is 9.59 Å². The molecule has 0 fully saturated rings. The Kier molecular flexibility index (Phi) is 6.34. The SMILES string of the molecule is COCCCNC(=O)c1cc2c(=O)n3ccccc3nc2n(Cc2ccc(Cl)cc2)c1=N. The van der Waals surface area contributed by atoms with Gasteiger partial charge in [0.15, 0.2) is 0 Å². The van der Waals surface area contributed by atoms with Crippen molar-refractivity contribution < 1.29 is 9.53 Å². The van der Waals surface area contributed by atoms with Gasteiger partial charge in [0.1, 0.15) is 16.8 Å². The van der Waals surface area contributed by atoms with Crippen LogP contribution in [-0.4, -0.2) is 40.1 Å². The molecule has 1 amide bonds. The summed E-state index contributed by atoms with van der Waals surface area (Å²) in [5, 5.41) is 12.4. The van der Waals surface area contributed by atoms with Gasteiger partial charge in [-0.3, -0.25) is 19.4 Å². The molecule has 0 aliphatic carbocycles. The number of hydrogen-bond donors (Lipinski definition) is 2. The molecule has 8 nitrogen and oxygen atoms in total. The van der Waals surface area contributed by atoms with Gasteiger partial charge in [-0.15, -0.1) is 0 Å². The van der Waals surface area contributed by atoms with Crippen LogP contribution < -0.4 is 16.4 Å². The number of benzene rings is 1. The highest BCUT2D eigenvalue weighted by Gasteiger charge is 2.17. The van der Waals surface area contributed by atoms with Crippen molar-refractivity contribution in [2.75, 3.05) is 20.3 Å². The van der Waals surface area contributed by atoms with E-state index in [1.54, 1.807) is 48.2 Å². The summed E-state index contributed by atoms with van der Waals surface area (Å²) in [5.74, 6) is -0.421. The van der Waals surface area contributed by atoms with Crippen LogP contribution in [0.15, 0.2) is 59.5 Å². The molecule has 0 aliphatic rings. The predicted molar refractivity (Wildman–Crippen MR) is 122 cm³/mol. The van der Waals surface area contributed by atoms with Crippen molar-refractivity contribution in [3.63, 3.8) is 0 Å². The maximum atomic E-state index is 13.2. The Morgan fingerprint density at radius 1 is 1.22 bits per heavy atom. The molecule has 3 aromatic heterocycles. The van der Waals surface area contributed by atoms with Crippen LogP contribution in [0.25, 0.3) is 16.7 Å². The van der Waals surface area contributed by atoms with Gasteiger partial charge in [0.05, 0.1) is 17.5 Å². The molecule has 9 heteroatoms. The van der Waals surface area contributed by atoms with Crippen LogP contribution in [0.1, 0.15) is 22.3 Å². The van der Waals surface area contributed by atoms with Crippen LogP contribution in [0.2, 0.25) is 5.02 Å². The van der Waals surface area contributed by atoms with Crippen molar-refractivity contribution in [3.05, 3.63) is 86.7 Å². The van der Waals surface area contributed by atoms with Crippen molar-refractivity contribution in [2.45, 2.75) is 13.0 Å². The van der Waals surface area contributed by atoms with Crippen LogP contribution in [-0.2, 0) is 11.3 Å². The zero-order valence-corrected chi connectivity index (χ0v) is 18.2. The van der Waals surface area contributed by atoms with E-state index in [1.807, 2.05) is 12.1 Å². The number of nitrogens with one attached hydrogen (secondary N) is 2. The number of hydrogen-bond acceptors (Lipinski definition) is 5. The minimum atomic E-state index is -0.421. The summed E-state index contributed by atoms with van der Waals surface area (Å²) < 4.78 is 8.02. The van der Waals surface area contributed by atoms with E-state index in [4.69, 9.17) is 21.7 Å².